The van der Waals surface area contributed by atoms with Crippen LogP contribution in [0.4, 0.5) is 0 Å². The van der Waals surface area contributed by atoms with Crippen molar-refractivity contribution in [1.29, 1.82) is 0 Å². The van der Waals surface area contributed by atoms with Crippen molar-refractivity contribution in [3.8, 4) is 0 Å². The number of hydrogen-bond acceptors (Lipinski definition) is 2. The molecule has 0 spiro atoms. The van der Waals surface area contributed by atoms with E-state index in [0.29, 0.717) is 17.4 Å². The van der Waals surface area contributed by atoms with E-state index >= 15 is 0 Å². The first-order chi connectivity index (χ1) is 4.48. The van der Waals surface area contributed by atoms with Crippen molar-refractivity contribution in [3.05, 3.63) is 0 Å². The first-order valence-corrected chi connectivity index (χ1v) is 3.53. The second kappa shape index (κ2) is 5.52. The Balaban J connectivity index is 0. The summed E-state index contributed by atoms with van der Waals surface area (Å²) >= 11 is 0. The summed E-state index contributed by atoms with van der Waals surface area (Å²) in [5.41, 5.74) is 5.26. The predicted octanol–water partition coefficient (Wildman–Crippen LogP) is 0.380. The van der Waals surface area contributed by atoms with Gasteiger partial charge in [-0.25, -0.2) is 4.79 Å². The van der Waals surface area contributed by atoms with E-state index in [-0.39, 0.29) is 18.3 Å². The molecule has 0 saturated heterocycles. The molecule has 0 fully saturated rings. The highest BCUT2D eigenvalue weighted by Gasteiger charge is 2.18. The Morgan fingerprint density at radius 2 is 1.82 bits per heavy atom. The summed E-state index contributed by atoms with van der Waals surface area (Å²) in [6.45, 7) is 0.603. The Morgan fingerprint density at radius 3 is 2.09 bits per heavy atom. The Kier molecular flexibility index (Phi) is 6.76. The average molecular weight is 182 g/mol. The van der Waals surface area contributed by atoms with Gasteiger partial charge in [0, 0.05) is 0 Å². The molecule has 0 heterocycles. The van der Waals surface area contributed by atoms with E-state index in [0.717, 1.165) is 6.42 Å². The van der Waals surface area contributed by atoms with Crippen molar-refractivity contribution in [2.45, 2.75) is 12.8 Å². The van der Waals surface area contributed by atoms with Crippen LogP contribution in [0.25, 0.3) is 0 Å². The van der Waals surface area contributed by atoms with Gasteiger partial charge in [-0.15, -0.1) is 12.4 Å². The van der Waals surface area contributed by atoms with Crippen LogP contribution in [-0.4, -0.2) is 38.1 Å². The molecule has 1 amide bonds. The summed E-state index contributed by atoms with van der Waals surface area (Å²) in [5, 5.41) is 0. The van der Waals surface area contributed by atoms with Gasteiger partial charge in [0.25, 0.3) is 0 Å². The van der Waals surface area contributed by atoms with Crippen LogP contribution in [-0.2, 0) is 4.79 Å². The summed E-state index contributed by atoms with van der Waals surface area (Å²) in [6, 6.07) is 0. The van der Waals surface area contributed by atoms with Crippen LogP contribution in [0.1, 0.15) is 12.8 Å². The van der Waals surface area contributed by atoms with Crippen LogP contribution in [0.5, 0.6) is 0 Å². The Bertz CT molecular complexity index is 120. The molecule has 0 aliphatic heterocycles. The molecular weight excluding hydrogens is 164 g/mol. The van der Waals surface area contributed by atoms with Crippen LogP contribution in [0.15, 0.2) is 0 Å². The number of nitrogens with zero attached hydrogens (tertiary/aromatic N) is 1. The number of rotatable bonds is 3. The summed E-state index contributed by atoms with van der Waals surface area (Å²) < 4.78 is 0.403. The first kappa shape index (κ1) is 13.5. The Hall–Kier alpha value is -0.120. The average Bonchev–Trinajstić information content (AvgIpc) is 1.80. The molecule has 0 bridgehead atoms. The minimum Gasteiger partial charge on any atom is -0.330 e. The highest BCUT2D eigenvalue weighted by molar-refractivity contribution is 5.85. The molecular formula is C7H18ClN2O+. The minimum atomic E-state index is 0. The largest absolute Gasteiger partial charge is 0.330 e. The van der Waals surface area contributed by atoms with Crippen molar-refractivity contribution in [2.24, 2.45) is 5.73 Å². The number of amides is 1. The second-order valence-corrected chi connectivity index (χ2v) is 3.30. The van der Waals surface area contributed by atoms with E-state index in [9.17, 15) is 4.79 Å². The lowest BCUT2D eigenvalue weighted by Gasteiger charge is -2.20. The summed E-state index contributed by atoms with van der Waals surface area (Å²) in [6.07, 6.45) is 1.40. The van der Waals surface area contributed by atoms with E-state index in [4.69, 9.17) is 5.73 Å². The van der Waals surface area contributed by atoms with Crippen LogP contribution in [0.3, 0.4) is 0 Å². The van der Waals surface area contributed by atoms with E-state index < -0.39 is 0 Å². The fraction of sp³-hybridized carbons (Fsp3) is 0.857. The minimum absolute atomic E-state index is 0. The number of nitrogens with two attached hydrogens (primary N) is 1. The second-order valence-electron chi connectivity index (χ2n) is 3.30. The van der Waals surface area contributed by atoms with Crippen LogP contribution >= 0.6 is 12.4 Å². The zero-order chi connectivity index (χ0) is 8.20. The molecule has 0 rings (SSSR count). The van der Waals surface area contributed by atoms with Crippen LogP contribution < -0.4 is 5.73 Å². The smallest absolute Gasteiger partial charge is 0.313 e. The van der Waals surface area contributed by atoms with E-state index in [1.807, 2.05) is 21.1 Å². The van der Waals surface area contributed by atoms with Crippen molar-refractivity contribution in [1.82, 2.24) is 0 Å². The maximum atomic E-state index is 11.1. The zero-order valence-corrected chi connectivity index (χ0v) is 8.28. The number of halogens is 1. The molecule has 2 N–H and O–H groups in total. The molecule has 68 valence electrons. The standard InChI is InChI=1S/C7H17N2O.ClH/c1-9(2,3)7(10)5-4-6-8;/h4-6,8H2,1-3H3;1H/q+1;. The van der Waals surface area contributed by atoms with E-state index in [2.05, 4.69) is 0 Å². The van der Waals surface area contributed by atoms with Gasteiger partial charge in [-0.2, -0.15) is 0 Å². The molecule has 0 radical (unpaired) electrons. The van der Waals surface area contributed by atoms with Gasteiger partial charge < -0.3 is 5.73 Å². The lowest BCUT2D eigenvalue weighted by Crippen LogP contribution is -2.41. The monoisotopic (exact) mass is 181 g/mol. The lowest BCUT2D eigenvalue weighted by molar-refractivity contribution is -0.792. The zero-order valence-electron chi connectivity index (χ0n) is 7.46. The maximum Gasteiger partial charge on any atom is 0.313 e. The van der Waals surface area contributed by atoms with Gasteiger partial charge in [0.1, 0.15) is 0 Å². The Morgan fingerprint density at radius 1 is 1.36 bits per heavy atom. The van der Waals surface area contributed by atoms with Gasteiger partial charge in [-0.3, -0.25) is 4.48 Å². The molecule has 0 aliphatic rings. The van der Waals surface area contributed by atoms with Crippen LogP contribution in [0, 0.1) is 0 Å². The lowest BCUT2D eigenvalue weighted by atomic mass is 10.3. The molecule has 0 aromatic heterocycles. The van der Waals surface area contributed by atoms with Gasteiger partial charge in [0.15, 0.2) is 0 Å². The third-order valence-electron chi connectivity index (χ3n) is 1.34. The molecule has 0 aromatic rings. The molecule has 0 aliphatic carbocycles. The summed E-state index contributed by atoms with van der Waals surface area (Å²) in [4.78, 5) is 11.1. The molecule has 0 atom stereocenters. The molecule has 0 saturated carbocycles. The number of carbonyl (C=O) groups excluding carboxylic acids is 1. The first-order valence-electron chi connectivity index (χ1n) is 3.53. The quantitative estimate of drug-likeness (QED) is 0.640. The third-order valence-corrected chi connectivity index (χ3v) is 1.34. The topological polar surface area (TPSA) is 43.1 Å². The molecule has 11 heavy (non-hydrogen) atoms. The van der Waals surface area contributed by atoms with Gasteiger partial charge in [0.2, 0.25) is 0 Å². The molecule has 4 heteroatoms. The van der Waals surface area contributed by atoms with Crippen molar-refractivity contribution < 1.29 is 9.28 Å². The number of carbonyl (C=O) groups is 1. The summed E-state index contributed by atoms with van der Waals surface area (Å²) in [5.74, 6) is 0.241. The third kappa shape index (κ3) is 6.28. The number of hydrogen-bond donors (Lipinski definition) is 1. The molecule has 0 aromatic carbocycles. The van der Waals surface area contributed by atoms with Gasteiger partial charge in [0.05, 0.1) is 27.6 Å². The van der Waals surface area contributed by atoms with Crippen molar-refractivity contribution in [3.63, 3.8) is 0 Å². The van der Waals surface area contributed by atoms with Crippen molar-refractivity contribution >= 4 is 18.3 Å². The highest BCUT2D eigenvalue weighted by atomic mass is 35.5. The maximum absolute atomic E-state index is 11.1. The molecule has 3 nitrogen and oxygen atoms in total. The number of quaternary nitrogens is 1. The van der Waals surface area contributed by atoms with E-state index in [1.165, 1.54) is 0 Å². The predicted molar refractivity (Wildman–Crippen MR) is 48.6 cm³/mol. The normalized spacial score (nSPS) is 10.5. The fourth-order valence-electron chi connectivity index (χ4n) is 0.589. The van der Waals surface area contributed by atoms with E-state index in [1.54, 1.807) is 0 Å². The van der Waals surface area contributed by atoms with Crippen LogP contribution in [0.2, 0.25) is 0 Å². The van der Waals surface area contributed by atoms with Crippen molar-refractivity contribution in [2.75, 3.05) is 27.7 Å². The van der Waals surface area contributed by atoms with Gasteiger partial charge in [-0.1, -0.05) is 0 Å². The van der Waals surface area contributed by atoms with Gasteiger partial charge in [-0.05, 0) is 13.0 Å². The van der Waals surface area contributed by atoms with Gasteiger partial charge >= 0.3 is 5.91 Å². The Labute approximate surface area is 74.6 Å². The highest BCUT2D eigenvalue weighted by Crippen LogP contribution is 1.98. The fourth-order valence-corrected chi connectivity index (χ4v) is 0.589. The molecule has 0 unspecified atom stereocenters. The SMILES string of the molecule is C[N+](C)(C)C(=O)CCCN.Cl. The summed E-state index contributed by atoms with van der Waals surface area (Å²) in [7, 11) is 5.62.